The molecule has 2 aliphatic rings. The Kier molecular flexibility index (Phi) is 3.97. The first kappa shape index (κ1) is 14.9. The number of anilines is 1. The Morgan fingerprint density at radius 1 is 1.19 bits per heavy atom. The molecule has 0 heterocycles. The molecular formula is C16H24N2O2S. The molecule has 0 unspecified atom stereocenters. The van der Waals surface area contributed by atoms with E-state index in [-0.39, 0.29) is 5.41 Å². The van der Waals surface area contributed by atoms with Crippen molar-refractivity contribution in [1.29, 1.82) is 0 Å². The summed E-state index contributed by atoms with van der Waals surface area (Å²) in [5.74, 6) is 0.765. The number of benzene rings is 1. The zero-order chi connectivity index (χ0) is 14.9. The first-order valence-corrected chi connectivity index (χ1v) is 9.38. The molecule has 0 aliphatic heterocycles. The van der Waals surface area contributed by atoms with Crippen LogP contribution in [0.4, 0.5) is 5.69 Å². The standard InChI is InChI=1S/C16H24N2O2S/c1-2-11-17-14-5-7-15(8-6-14)21(19,20)18-12-16(9-10-16)13-3-4-13/h5-8,13,17-18H,2-4,9-12H2,1H3. The molecule has 4 nitrogen and oxygen atoms in total. The first-order valence-electron chi connectivity index (χ1n) is 7.89. The molecule has 2 saturated carbocycles. The molecule has 1 aromatic rings. The van der Waals surface area contributed by atoms with Gasteiger partial charge in [-0.2, -0.15) is 0 Å². The van der Waals surface area contributed by atoms with Gasteiger partial charge in [-0.1, -0.05) is 6.92 Å². The zero-order valence-corrected chi connectivity index (χ0v) is 13.4. The highest BCUT2D eigenvalue weighted by atomic mass is 32.2. The molecule has 1 aromatic carbocycles. The van der Waals surface area contributed by atoms with Gasteiger partial charge in [0, 0.05) is 18.8 Å². The Balaban J connectivity index is 1.61. The van der Waals surface area contributed by atoms with E-state index >= 15 is 0 Å². The molecule has 2 fully saturated rings. The van der Waals surface area contributed by atoms with E-state index in [0.29, 0.717) is 11.4 Å². The third kappa shape index (κ3) is 3.40. The van der Waals surface area contributed by atoms with Gasteiger partial charge in [-0.15, -0.1) is 0 Å². The molecule has 2 aliphatic carbocycles. The largest absolute Gasteiger partial charge is 0.385 e. The summed E-state index contributed by atoms with van der Waals surface area (Å²) in [6.07, 6.45) is 5.96. The van der Waals surface area contributed by atoms with Crippen LogP contribution >= 0.6 is 0 Å². The van der Waals surface area contributed by atoms with Crippen LogP contribution in [0.25, 0.3) is 0 Å². The molecule has 2 N–H and O–H groups in total. The summed E-state index contributed by atoms with van der Waals surface area (Å²) >= 11 is 0. The second-order valence-corrected chi connectivity index (χ2v) is 8.18. The van der Waals surface area contributed by atoms with Gasteiger partial charge in [0.1, 0.15) is 0 Å². The van der Waals surface area contributed by atoms with E-state index in [4.69, 9.17) is 0 Å². The molecule has 0 spiro atoms. The van der Waals surface area contributed by atoms with E-state index in [9.17, 15) is 8.42 Å². The molecule has 0 bridgehead atoms. The van der Waals surface area contributed by atoms with Gasteiger partial charge < -0.3 is 5.32 Å². The van der Waals surface area contributed by atoms with Gasteiger partial charge in [0.2, 0.25) is 10.0 Å². The highest BCUT2D eigenvalue weighted by molar-refractivity contribution is 7.89. The average Bonchev–Trinajstić information content (AvgIpc) is 3.36. The third-order valence-corrected chi connectivity index (χ3v) is 6.11. The molecule has 0 amide bonds. The predicted octanol–water partition coefficient (Wildman–Crippen LogP) is 2.98. The summed E-state index contributed by atoms with van der Waals surface area (Å²) in [5.41, 5.74) is 1.25. The Bertz CT molecular complexity index is 587. The van der Waals surface area contributed by atoms with Crippen LogP contribution in [-0.2, 0) is 10.0 Å². The van der Waals surface area contributed by atoms with Crippen LogP contribution in [0.2, 0.25) is 0 Å². The predicted molar refractivity (Wildman–Crippen MR) is 84.8 cm³/mol. The van der Waals surface area contributed by atoms with E-state index in [2.05, 4.69) is 17.0 Å². The second-order valence-electron chi connectivity index (χ2n) is 6.41. The lowest BCUT2D eigenvalue weighted by molar-refractivity contribution is 0.432. The maximum absolute atomic E-state index is 12.3. The normalized spacial score (nSPS) is 20.2. The van der Waals surface area contributed by atoms with Gasteiger partial charge in [-0.25, -0.2) is 13.1 Å². The zero-order valence-electron chi connectivity index (χ0n) is 12.6. The summed E-state index contributed by atoms with van der Waals surface area (Å²) in [6, 6.07) is 7.02. The molecule has 0 atom stereocenters. The van der Waals surface area contributed by atoms with Gasteiger partial charge in [0.15, 0.2) is 0 Å². The molecule has 0 saturated heterocycles. The van der Waals surface area contributed by atoms with Crippen molar-refractivity contribution in [3.63, 3.8) is 0 Å². The number of hydrogen-bond donors (Lipinski definition) is 2. The van der Waals surface area contributed by atoms with Crippen molar-refractivity contribution in [2.24, 2.45) is 11.3 Å². The van der Waals surface area contributed by atoms with E-state index in [1.54, 1.807) is 12.1 Å². The highest BCUT2D eigenvalue weighted by Crippen LogP contribution is 2.60. The lowest BCUT2D eigenvalue weighted by atomic mass is 10.0. The van der Waals surface area contributed by atoms with Crippen molar-refractivity contribution in [3.05, 3.63) is 24.3 Å². The van der Waals surface area contributed by atoms with Crippen LogP contribution in [0.15, 0.2) is 29.2 Å². The molecule has 0 aromatic heterocycles. The minimum atomic E-state index is -3.37. The van der Waals surface area contributed by atoms with Gasteiger partial charge in [0.05, 0.1) is 4.90 Å². The quantitative estimate of drug-likeness (QED) is 0.776. The van der Waals surface area contributed by atoms with Crippen LogP contribution in [-0.4, -0.2) is 21.5 Å². The fourth-order valence-corrected chi connectivity index (χ4v) is 4.07. The topological polar surface area (TPSA) is 58.2 Å². The lowest BCUT2D eigenvalue weighted by Gasteiger charge is -2.15. The summed E-state index contributed by atoms with van der Waals surface area (Å²) in [5, 5.41) is 3.25. The van der Waals surface area contributed by atoms with E-state index in [1.165, 1.54) is 25.7 Å². The number of rotatable bonds is 8. The molecular weight excluding hydrogens is 284 g/mol. The van der Waals surface area contributed by atoms with Gasteiger partial charge in [0.25, 0.3) is 0 Å². The summed E-state index contributed by atoms with van der Waals surface area (Å²) in [7, 11) is -3.37. The minimum Gasteiger partial charge on any atom is -0.385 e. The Morgan fingerprint density at radius 2 is 1.86 bits per heavy atom. The second kappa shape index (κ2) is 5.61. The average molecular weight is 308 g/mol. The van der Waals surface area contributed by atoms with Crippen molar-refractivity contribution in [2.45, 2.75) is 43.9 Å². The monoisotopic (exact) mass is 308 g/mol. The maximum atomic E-state index is 12.3. The maximum Gasteiger partial charge on any atom is 0.240 e. The van der Waals surface area contributed by atoms with Crippen molar-refractivity contribution in [2.75, 3.05) is 18.4 Å². The van der Waals surface area contributed by atoms with Gasteiger partial charge >= 0.3 is 0 Å². The minimum absolute atomic E-state index is 0.287. The van der Waals surface area contributed by atoms with Crippen LogP contribution in [0.1, 0.15) is 39.0 Å². The van der Waals surface area contributed by atoms with E-state index in [1.807, 2.05) is 12.1 Å². The van der Waals surface area contributed by atoms with Gasteiger partial charge in [-0.3, -0.25) is 0 Å². The molecule has 3 rings (SSSR count). The van der Waals surface area contributed by atoms with Crippen molar-refractivity contribution >= 4 is 15.7 Å². The molecule has 21 heavy (non-hydrogen) atoms. The summed E-state index contributed by atoms with van der Waals surface area (Å²) in [4.78, 5) is 0.358. The molecule has 0 radical (unpaired) electrons. The Morgan fingerprint density at radius 3 is 2.38 bits per heavy atom. The van der Waals surface area contributed by atoms with Crippen LogP contribution in [0, 0.1) is 11.3 Å². The van der Waals surface area contributed by atoms with Crippen LogP contribution < -0.4 is 10.0 Å². The molecule has 116 valence electrons. The number of sulfonamides is 1. The Hall–Kier alpha value is -1.07. The van der Waals surface area contributed by atoms with Crippen molar-refractivity contribution in [1.82, 2.24) is 4.72 Å². The fraction of sp³-hybridized carbons (Fsp3) is 0.625. The lowest BCUT2D eigenvalue weighted by Crippen LogP contribution is -2.31. The number of hydrogen-bond acceptors (Lipinski definition) is 3. The molecule has 5 heteroatoms. The van der Waals surface area contributed by atoms with Crippen LogP contribution in [0.3, 0.4) is 0 Å². The van der Waals surface area contributed by atoms with Gasteiger partial charge in [-0.05, 0) is 67.7 Å². The van der Waals surface area contributed by atoms with Crippen molar-refractivity contribution in [3.8, 4) is 0 Å². The summed E-state index contributed by atoms with van der Waals surface area (Å²) in [6.45, 7) is 3.60. The first-order chi connectivity index (χ1) is 10.1. The van der Waals surface area contributed by atoms with Crippen molar-refractivity contribution < 1.29 is 8.42 Å². The summed E-state index contributed by atoms with van der Waals surface area (Å²) < 4.78 is 27.5. The SMILES string of the molecule is CCCNc1ccc(S(=O)(=O)NCC2(C3CC3)CC2)cc1. The highest BCUT2D eigenvalue weighted by Gasteiger charge is 2.53. The smallest absolute Gasteiger partial charge is 0.240 e. The number of nitrogens with one attached hydrogen (secondary N) is 2. The van der Waals surface area contributed by atoms with E-state index < -0.39 is 10.0 Å². The van der Waals surface area contributed by atoms with Crippen LogP contribution in [0.5, 0.6) is 0 Å². The fourth-order valence-electron chi connectivity index (χ4n) is 2.93. The third-order valence-electron chi connectivity index (χ3n) is 4.69. The van der Waals surface area contributed by atoms with E-state index in [0.717, 1.165) is 24.6 Å². The Labute approximate surface area is 127 Å².